The van der Waals surface area contributed by atoms with E-state index in [2.05, 4.69) is 9.97 Å². The van der Waals surface area contributed by atoms with Crippen molar-refractivity contribution in [2.45, 2.75) is 26.4 Å². The minimum Gasteiger partial charge on any atom is -0.503 e. The number of pyridine rings is 1. The van der Waals surface area contributed by atoms with Gasteiger partial charge in [0, 0.05) is 6.20 Å². The standard InChI is InChI=1S/C20H17N3O4S/c1-11-19(28-12(2)22-11)17(24)15-16(14-7-5-9-27-14)23(20(26)18(15)25)10-13-6-3-4-8-21-13/h3-9,16,25H,10H2,1-2H3. The van der Waals surface area contributed by atoms with E-state index >= 15 is 0 Å². The van der Waals surface area contributed by atoms with Crippen LogP contribution < -0.4 is 0 Å². The third kappa shape index (κ3) is 3.01. The average molecular weight is 395 g/mol. The van der Waals surface area contributed by atoms with Crippen LogP contribution in [0.15, 0.2) is 58.5 Å². The van der Waals surface area contributed by atoms with Crippen molar-refractivity contribution in [2.24, 2.45) is 0 Å². The first-order valence-corrected chi connectivity index (χ1v) is 9.45. The largest absolute Gasteiger partial charge is 0.503 e. The van der Waals surface area contributed by atoms with Crippen LogP contribution in [0.3, 0.4) is 0 Å². The second kappa shape index (κ2) is 7.05. The molecule has 28 heavy (non-hydrogen) atoms. The summed E-state index contributed by atoms with van der Waals surface area (Å²) in [5, 5.41) is 11.3. The number of aryl methyl sites for hydroxylation is 2. The van der Waals surface area contributed by atoms with Crippen molar-refractivity contribution >= 4 is 23.0 Å². The summed E-state index contributed by atoms with van der Waals surface area (Å²) in [7, 11) is 0. The number of hydrogen-bond acceptors (Lipinski definition) is 7. The van der Waals surface area contributed by atoms with Gasteiger partial charge in [0.05, 0.1) is 39.7 Å². The molecular weight excluding hydrogens is 378 g/mol. The molecule has 3 aromatic heterocycles. The Hall–Kier alpha value is -3.26. The number of carbonyl (C=O) groups is 2. The molecule has 4 rings (SSSR count). The van der Waals surface area contributed by atoms with Gasteiger partial charge in [0.25, 0.3) is 5.91 Å². The number of furan rings is 1. The third-order valence-corrected chi connectivity index (χ3v) is 5.60. The van der Waals surface area contributed by atoms with Crippen LogP contribution in [-0.4, -0.2) is 31.7 Å². The zero-order valence-corrected chi connectivity index (χ0v) is 16.1. The topological polar surface area (TPSA) is 96.5 Å². The lowest BCUT2D eigenvalue weighted by Crippen LogP contribution is -2.30. The Balaban J connectivity index is 1.78. The van der Waals surface area contributed by atoms with E-state index in [1.807, 2.05) is 6.07 Å². The summed E-state index contributed by atoms with van der Waals surface area (Å²) >= 11 is 1.24. The number of hydrogen-bond donors (Lipinski definition) is 1. The van der Waals surface area contributed by atoms with Gasteiger partial charge >= 0.3 is 0 Å². The van der Waals surface area contributed by atoms with Crippen molar-refractivity contribution in [3.05, 3.63) is 81.2 Å². The van der Waals surface area contributed by atoms with Crippen molar-refractivity contribution in [3.8, 4) is 0 Å². The summed E-state index contributed by atoms with van der Waals surface area (Å²) in [6.07, 6.45) is 3.10. The number of rotatable bonds is 5. The van der Waals surface area contributed by atoms with Crippen molar-refractivity contribution in [1.29, 1.82) is 0 Å². The average Bonchev–Trinajstić information content (AvgIpc) is 3.37. The molecule has 1 unspecified atom stereocenters. The van der Waals surface area contributed by atoms with Crippen LogP contribution in [0.5, 0.6) is 0 Å². The lowest BCUT2D eigenvalue weighted by atomic mass is 9.99. The van der Waals surface area contributed by atoms with Crippen LogP contribution in [0.4, 0.5) is 0 Å². The van der Waals surface area contributed by atoms with Gasteiger partial charge in [-0.1, -0.05) is 6.07 Å². The van der Waals surface area contributed by atoms with Gasteiger partial charge in [-0.25, -0.2) is 4.98 Å². The molecule has 0 fully saturated rings. The maximum Gasteiger partial charge on any atom is 0.290 e. The molecule has 0 spiro atoms. The molecule has 0 radical (unpaired) electrons. The zero-order valence-electron chi connectivity index (χ0n) is 15.2. The van der Waals surface area contributed by atoms with Crippen LogP contribution >= 0.6 is 11.3 Å². The number of aromatic nitrogens is 2. The van der Waals surface area contributed by atoms with E-state index in [-0.39, 0.29) is 12.1 Å². The number of aliphatic hydroxyl groups excluding tert-OH is 1. The van der Waals surface area contributed by atoms with Gasteiger partial charge in [0.1, 0.15) is 11.8 Å². The summed E-state index contributed by atoms with van der Waals surface area (Å²) in [4.78, 5) is 36.4. The Morgan fingerprint density at radius 3 is 2.71 bits per heavy atom. The number of carbonyl (C=O) groups excluding carboxylic acids is 2. The van der Waals surface area contributed by atoms with E-state index in [4.69, 9.17) is 4.42 Å². The van der Waals surface area contributed by atoms with Gasteiger partial charge in [-0.3, -0.25) is 14.6 Å². The van der Waals surface area contributed by atoms with Crippen LogP contribution in [0.2, 0.25) is 0 Å². The fourth-order valence-electron chi connectivity index (χ4n) is 3.32. The molecule has 7 nitrogen and oxygen atoms in total. The Morgan fingerprint density at radius 2 is 2.11 bits per heavy atom. The normalized spacial score (nSPS) is 16.9. The Kier molecular flexibility index (Phi) is 4.56. The third-order valence-electron chi connectivity index (χ3n) is 4.53. The van der Waals surface area contributed by atoms with Gasteiger partial charge in [-0.05, 0) is 38.1 Å². The van der Waals surface area contributed by atoms with Crippen LogP contribution in [0.25, 0.3) is 0 Å². The Labute approximate surface area is 165 Å². The first-order valence-electron chi connectivity index (χ1n) is 8.63. The van der Waals surface area contributed by atoms with Crippen LogP contribution in [0, 0.1) is 13.8 Å². The fraction of sp³-hybridized carbons (Fsp3) is 0.200. The maximum atomic E-state index is 13.3. The molecule has 1 amide bonds. The summed E-state index contributed by atoms with van der Waals surface area (Å²) in [5.41, 5.74) is 1.21. The molecule has 1 N–H and O–H groups in total. The highest BCUT2D eigenvalue weighted by Gasteiger charge is 2.45. The molecule has 1 aliphatic rings. The minimum absolute atomic E-state index is 0.00244. The van der Waals surface area contributed by atoms with Gasteiger partial charge in [-0.2, -0.15) is 0 Å². The second-order valence-electron chi connectivity index (χ2n) is 6.41. The Bertz CT molecular complexity index is 1070. The quantitative estimate of drug-likeness (QED) is 0.664. The molecule has 1 atom stereocenters. The summed E-state index contributed by atoms with van der Waals surface area (Å²) in [6.45, 7) is 3.67. The second-order valence-corrected chi connectivity index (χ2v) is 7.61. The predicted molar refractivity (Wildman–Crippen MR) is 102 cm³/mol. The van der Waals surface area contributed by atoms with Crippen LogP contribution in [0.1, 0.15) is 37.9 Å². The number of thiazole rings is 1. The predicted octanol–water partition coefficient (Wildman–Crippen LogP) is 3.53. The zero-order chi connectivity index (χ0) is 19.8. The molecule has 1 aliphatic heterocycles. The Morgan fingerprint density at radius 1 is 1.29 bits per heavy atom. The minimum atomic E-state index is -0.834. The van der Waals surface area contributed by atoms with Gasteiger partial charge in [0.2, 0.25) is 5.78 Å². The fourth-order valence-corrected chi connectivity index (χ4v) is 4.20. The summed E-state index contributed by atoms with van der Waals surface area (Å²) in [6, 6.07) is 7.89. The summed E-state index contributed by atoms with van der Waals surface area (Å²) in [5.74, 6) is -1.21. The number of Topliss-reactive ketones (excluding diaryl/α,β-unsaturated/α-hetero) is 1. The van der Waals surface area contributed by atoms with Crippen molar-refractivity contribution in [2.75, 3.05) is 0 Å². The highest BCUT2D eigenvalue weighted by atomic mass is 32.1. The molecule has 0 saturated carbocycles. The van der Waals surface area contributed by atoms with E-state index in [1.54, 1.807) is 44.3 Å². The lowest BCUT2D eigenvalue weighted by Gasteiger charge is -2.24. The van der Waals surface area contributed by atoms with Crippen molar-refractivity contribution < 1.29 is 19.1 Å². The molecule has 4 heterocycles. The van der Waals surface area contributed by atoms with Gasteiger partial charge in [0.15, 0.2) is 5.76 Å². The van der Waals surface area contributed by atoms with Gasteiger partial charge in [-0.15, -0.1) is 11.3 Å². The highest BCUT2D eigenvalue weighted by Crippen LogP contribution is 2.40. The van der Waals surface area contributed by atoms with E-state index in [9.17, 15) is 14.7 Å². The monoisotopic (exact) mass is 395 g/mol. The number of nitrogens with zero attached hydrogens (tertiary/aromatic N) is 3. The molecule has 0 aromatic carbocycles. The van der Waals surface area contributed by atoms with E-state index < -0.39 is 23.5 Å². The molecule has 142 valence electrons. The van der Waals surface area contributed by atoms with Crippen LogP contribution in [-0.2, 0) is 11.3 Å². The molecule has 0 bridgehead atoms. The summed E-state index contributed by atoms with van der Waals surface area (Å²) < 4.78 is 5.51. The smallest absolute Gasteiger partial charge is 0.290 e. The first kappa shape index (κ1) is 18.1. The molecule has 0 aliphatic carbocycles. The SMILES string of the molecule is Cc1nc(C)c(C(=O)C2=C(O)C(=O)N(Cc3ccccn3)C2c2ccco2)s1. The van der Waals surface area contributed by atoms with E-state index in [1.165, 1.54) is 22.5 Å². The number of amides is 1. The molecule has 0 saturated heterocycles. The highest BCUT2D eigenvalue weighted by molar-refractivity contribution is 7.14. The first-order chi connectivity index (χ1) is 13.5. The van der Waals surface area contributed by atoms with Crippen molar-refractivity contribution in [3.63, 3.8) is 0 Å². The maximum absolute atomic E-state index is 13.3. The molecule has 8 heteroatoms. The lowest BCUT2D eigenvalue weighted by molar-refractivity contribution is -0.130. The molecule has 3 aromatic rings. The van der Waals surface area contributed by atoms with E-state index in [0.29, 0.717) is 22.0 Å². The van der Waals surface area contributed by atoms with Gasteiger partial charge < -0.3 is 14.4 Å². The van der Waals surface area contributed by atoms with E-state index in [0.717, 1.165) is 5.01 Å². The molecular formula is C20H17N3O4S. The number of ketones is 1. The number of aliphatic hydroxyl groups is 1. The van der Waals surface area contributed by atoms with Crippen molar-refractivity contribution in [1.82, 2.24) is 14.9 Å².